The van der Waals surface area contributed by atoms with E-state index in [-0.39, 0.29) is 11.9 Å². The van der Waals surface area contributed by atoms with Gasteiger partial charge in [-0.2, -0.15) is 4.98 Å². The average Bonchev–Trinajstić information content (AvgIpc) is 2.39. The second-order valence-electron chi connectivity index (χ2n) is 3.90. The number of hydrogen-bond donors (Lipinski definition) is 2. The van der Waals surface area contributed by atoms with Crippen molar-refractivity contribution in [3.8, 4) is 0 Å². The first-order chi connectivity index (χ1) is 8.70. The number of anilines is 2. The fraction of sp³-hybridized carbons (Fsp3) is 0.231. The molecular weight excluding hydrogens is 231 g/mol. The molecule has 0 saturated carbocycles. The maximum atomic E-state index is 13.6. The standard InChI is InChI=1S/C13H15FN4/c1-9(10-5-3-4-6-11(10)14)17-12-7-8-16-13(15-2)18-12/h3-9H,1-2H3,(H2,15,16,17,18). The molecule has 0 spiro atoms. The molecule has 5 heteroatoms. The summed E-state index contributed by atoms with van der Waals surface area (Å²) >= 11 is 0. The van der Waals surface area contributed by atoms with Gasteiger partial charge >= 0.3 is 0 Å². The summed E-state index contributed by atoms with van der Waals surface area (Å²) in [4.78, 5) is 8.25. The summed E-state index contributed by atoms with van der Waals surface area (Å²) in [5.74, 6) is 0.964. The van der Waals surface area contributed by atoms with Crippen LogP contribution in [-0.2, 0) is 0 Å². The van der Waals surface area contributed by atoms with Crippen molar-refractivity contribution >= 4 is 11.8 Å². The molecule has 1 unspecified atom stereocenters. The zero-order chi connectivity index (χ0) is 13.0. The van der Waals surface area contributed by atoms with E-state index in [1.54, 1.807) is 31.4 Å². The molecule has 1 aromatic carbocycles. The Kier molecular flexibility index (Phi) is 3.72. The fourth-order valence-corrected chi connectivity index (χ4v) is 1.69. The minimum Gasteiger partial charge on any atom is -0.363 e. The molecule has 0 aliphatic carbocycles. The number of hydrogen-bond acceptors (Lipinski definition) is 4. The third-order valence-corrected chi connectivity index (χ3v) is 2.62. The normalized spacial score (nSPS) is 11.9. The van der Waals surface area contributed by atoms with Gasteiger partial charge in [-0.1, -0.05) is 18.2 Å². The van der Waals surface area contributed by atoms with Gasteiger partial charge in [0, 0.05) is 18.8 Å². The smallest absolute Gasteiger partial charge is 0.224 e. The molecule has 2 N–H and O–H groups in total. The first-order valence-corrected chi connectivity index (χ1v) is 5.72. The van der Waals surface area contributed by atoms with Gasteiger partial charge in [0.2, 0.25) is 5.95 Å². The monoisotopic (exact) mass is 246 g/mol. The first kappa shape index (κ1) is 12.3. The first-order valence-electron chi connectivity index (χ1n) is 5.72. The van der Waals surface area contributed by atoms with E-state index in [4.69, 9.17) is 0 Å². The Labute approximate surface area is 105 Å². The van der Waals surface area contributed by atoms with E-state index < -0.39 is 0 Å². The summed E-state index contributed by atoms with van der Waals surface area (Å²) < 4.78 is 13.6. The van der Waals surface area contributed by atoms with Crippen LogP contribution < -0.4 is 10.6 Å². The molecule has 18 heavy (non-hydrogen) atoms. The number of nitrogens with zero attached hydrogens (tertiary/aromatic N) is 2. The fourth-order valence-electron chi connectivity index (χ4n) is 1.69. The number of aromatic nitrogens is 2. The van der Waals surface area contributed by atoms with Gasteiger partial charge in [-0.3, -0.25) is 0 Å². The third-order valence-electron chi connectivity index (χ3n) is 2.62. The third kappa shape index (κ3) is 2.74. The topological polar surface area (TPSA) is 49.8 Å². The summed E-state index contributed by atoms with van der Waals surface area (Å²) in [6, 6.07) is 8.29. The zero-order valence-electron chi connectivity index (χ0n) is 10.3. The van der Waals surface area contributed by atoms with E-state index in [1.165, 1.54) is 6.07 Å². The average molecular weight is 246 g/mol. The van der Waals surface area contributed by atoms with Crippen LogP contribution in [-0.4, -0.2) is 17.0 Å². The van der Waals surface area contributed by atoms with Crippen LogP contribution in [0.4, 0.5) is 16.2 Å². The lowest BCUT2D eigenvalue weighted by atomic mass is 10.1. The van der Waals surface area contributed by atoms with Crippen LogP contribution in [0.2, 0.25) is 0 Å². The molecule has 0 amide bonds. The van der Waals surface area contributed by atoms with Crippen molar-refractivity contribution in [2.75, 3.05) is 17.7 Å². The minimum absolute atomic E-state index is 0.161. The van der Waals surface area contributed by atoms with E-state index in [2.05, 4.69) is 20.6 Å². The van der Waals surface area contributed by atoms with Crippen molar-refractivity contribution in [2.45, 2.75) is 13.0 Å². The lowest BCUT2D eigenvalue weighted by Crippen LogP contribution is -2.10. The molecule has 94 valence electrons. The highest BCUT2D eigenvalue weighted by Crippen LogP contribution is 2.20. The molecule has 4 nitrogen and oxygen atoms in total. The highest BCUT2D eigenvalue weighted by atomic mass is 19.1. The summed E-state index contributed by atoms with van der Waals surface area (Å²) in [5, 5.41) is 6.00. The number of nitrogens with one attached hydrogen (secondary N) is 2. The Morgan fingerprint density at radius 1 is 1.22 bits per heavy atom. The number of rotatable bonds is 4. The van der Waals surface area contributed by atoms with Crippen molar-refractivity contribution in [1.29, 1.82) is 0 Å². The molecule has 0 saturated heterocycles. The molecule has 1 heterocycles. The van der Waals surface area contributed by atoms with Gasteiger partial charge in [0.05, 0.1) is 6.04 Å². The molecule has 0 radical (unpaired) electrons. The van der Waals surface area contributed by atoms with Gasteiger partial charge in [0.1, 0.15) is 11.6 Å². The van der Waals surface area contributed by atoms with Gasteiger partial charge in [-0.05, 0) is 19.1 Å². The quantitative estimate of drug-likeness (QED) is 0.871. The van der Waals surface area contributed by atoms with Gasteiger partial charge in [-0.15, -0.1) is 0 Å². The molecule has 0 aliphatic heterocycles. The Balaban J connectivity index is 2.16. The van der Waals surface area contributed by atoms with Crippen LogP contribution in [0.25, 0.3) is 0 Å². The predicted octanol–water partition coefficient (Wildman–Crippen LogP) is 2.83. The number of halogens is 1. The Hall–Kier alpha value is -2.17. The molecule has 0 bridgehead atoms. The second kappa shape index (κ2) is 5.44. The maximum Gasteiger partial charge on any atom is 0.224 e. The second-order valence-corrected chi connectivity index (χ2v) is 3.90. The van der Waals surface area contributed by atoms with Crippen LogP contribution in [0, 0.1) is 5.82 Å². The molecule has 2 aromatic rings. The van der Waals surface area contributed by atoms with Crippen LogP contribution in [0.3, 0.4) is 0 Å². The van der Waals surface area contributed by atoms with Crippen LogP contribution in [0.5, 0.6) is 0 Å². The molecule has 1 aromatic heterocycles. The van der Waals surface area contributed by atoms with Crippen LogP contribution in [0.15, 0.2) is 36.5 Å². The van der Waals surface area contributed by atoms with Crippen molar-refractivity contribution in [2.24, 2.45) is 0 Å². The lowest BCUT2D eigenvalue weighted by Gasteiger charge is -2.15. The predicted molar refractivity (Wildman–Crippen MR) is 70.0 cm³/mol. The van der Waals surface area contributed by atoms with Crippen molar-refractivity contribution in [3.63, 3.8) is 0 Å². The Morgan fingerprint density at radius 3 is 2.72 bits per heavy atom. The van der Waals surface area contributed by atoms with Crippen LogP contribution in [0.1, 0.15) is 18.5 Å². The Bertz CT molecular complexity index is 530. The van der Waals surface area contributed by atoms with Gasteiger partial charge < -0.3 is 10.6 Å². The summed E-state index contributed by atoms with van der Waals surface area (Å²) in [6.45, 7) is 1.89. The van der Waals surface area contributed by atoms with Gasteiger partial charge in [-0.25, -0.2) is 9.37 Å². The largest absolute Gasteiger partial charge is 0.363 e. The molecule has 1 atom stereocenters. The summed E-state index contributed by atoms with van der Waals surface area (Å²) in [7, 11) is 1.75. The number of benzene rings is 1. The molecular formula is C13H15FN4. The van der Waals surface area contributed by atoms with Crippen molar-refractivity contribution in [1.82, 2.24) is 9.97 Å². The van der Waals surface area contributed by atoms with Crippen molar-refractivity contribution in [3.05, 3.63) is 47.9 Å². The summed E-state index contributed by atoms with van der Waals surface area (Å²) in [6.07, 6.45) is 1.65. The molecule has 0 aliphatic rings. The van der Waals surface area contributed by atoms with Gasteiger partial charge in [0.25, 0.3) is 0 Å². The Morgan fingerprint density at radius 2 is 2.00 bits per heavy atom. The zero-order valence-corrected chi connectivity index (χ0v) is 10.3. The van der Waals surface area contributed by atoms with E-state index in [0.717, 1.165) is 0 Å². The lowest BCUT2D eigenvalue weighted by molar-refractivity contribution is 0.600. The van der Waals surface area contributed by atoms with E-state index in [0.29, 0.717) is 17.3 Å². The maximum absolute atomic E-state index is 13.6. The minimum atomic E-state index is -0.222. The van der Waals surface area contributed by atoms with E-state index >= 15 is 0 Å². The molecule has 0 fully saturated rings. The molecule has 2 rings (SSSR count). The van der Waals surface area contributed by atoms with E-state index in [1.807, 2.05) is 13.0 Å². The summed E-state index contributed by atoms with van der Waals surface area (Å²) in [5.41, 5.74) is 0.613. The van der Waals surface area contributed by atoms with E-state index in [9.17, 15) is 4.39 Å². The highest BCUT2D eigenvalue weighted by molar-refractivity contribution is 5.41. The van der Waals surface area contributed by atoms with Gasteiger partial charge in [0.15, 0.2) is 0 Å². The van der Waals surface area contributed by atoms with Crippen LogP contribution >= 0.6 is 0 Å². The highest BCUT2D eigenvalue weighted by Gasteiger charge is 2.10. The SMILES string of the molecule is CNc1nccc(NC(C)c2ccccc2F)n1. The van der Waals surface area contributed by atoms with Crippen molar-refractivity contribution < 1.29 is 4.39 Å².